The quantitative estimate of drug-likeness (QED) is 0.576. The molecular formula is C20H21N5O3S. The summed E-state index contributed by atoms with van der Waals surface area (Å²) >= 11 is 1.43. The molecule has 2 aromatic heterocycles. The number of likely N-dealkylation sites (N-methyl/N-ethyl adjacent to an activating group) is 1. The number of benzene rings is 1. The maximum Gasteiger partial charge on any atom is 0.359 e. The van der Waals surface area contributed by atoms with Gasteiger partial charge in [-0.1, -0.05) is 23.5 Å². The van der Waals surface area contributed by atoms with E-state index in [1.807, 2.05) is 31.2 Å². The van der Waals surface area contributed by atoms with Crippen LogP contribution in [0.2, 0.25) is 0 Å². The number of esters is 1. The zero-order valence-corrected chi connectivity index (χ0v) is 16.9. The van der Waals surface area contributed by atoms with Gasteiger partial charge in [0.15, 0.2) is 23.3 Å². The monoisotopic (exact) mass is 411 g/mol. The molecule has 0 radical (unpaired) electrons. The molecule has 0 atom stereocenters. The normalized spacial score (nSPS) is 13.6. The minimum absolute atomic E-state index is 0.0868. The molecule has 0 bridgehead atoms. The van der Waals surface area contributed by atoms with Crippen LogP contribution in [0, 0.1) is 0 Å². The molecule has 1 aliphatic heterocycles. The standard InChI is InChI=1S/C20H21N5O3S/c1-2-25(20-21-14-7-3-4-8-16(14)29-20)18(26)13-28-19(27)15-9-10-17(23-22-15)24-11-5-6-12-24/h3-4,7-10H,2,5-6,11-13H2,1H3. The van der Waals surface area contributed by atoms with E-state index in [-0.39, 0.29) is 18.2 Å². The van der Waals surface area contributed by atoms with Gasteiger partial charge in [0.2, 0.25) is 0 Å². The number of rotatable bonds is 6. The summed E-state index contributed by atoms with van der Waals surface area (Å²) < 4.78 is 6.16. The second-order valence-electron chi connectivity index (χ2n) is 6.65. The highest BCUT2D eigenvalue weighted by Crippen LogP contribution is 2.28. The van der Waals surface area contributed by atoms with Crippen LogP contribution >= 0.6 is 11.3 Å². The number of carbonyl (C=O) groups is 2. The Labute approximate surface area is 172 Å². The summed E-state index contributed by atoms with van der Waals surface area (Å²) in [6, 6.07) is 11.0. The van der Waals surface area contributed by atoms with Crippen molar-refractivity contribution in [2.45, 2.75) is 19.8 Å². The molecule has 3 aromatic rings. The third-order valence-electron chi connectivity index (χ3n) is 4.75. The van der Waals surface area contributed by atoms with Crippen molar-refractivity contribution >= 4 is 44.4 Å². The summed E-state index contributed by atoms with van der Waals surface area (Å²) in [6.07, 6.45) is 2.27. The fraction of sp³-hybridized carbons (Fsp3) is 0.350. The maximum absolute atomic E-state index is 12.6. The van der Waals surface area contributed by atoms with Crippen molar-refractivity contribution in [3.8, 4) is 0 Å². The summed E-state index contributed by atoms with van der Waals surface area (Å²) in [5, 5.41) is 8.64. The largest absolute Gasteiger partial charge is 0.451 e. The van der Waals surface area contributed by atoms with Crippen molar-refractivity contribution in [3.63, 3.8) is 0 Å². The van der Waals surface area contributed by atoms with Crippen molar-refractivity contribution in [2.24, 2.45) is 0 Å². The van der Waals surface area contributed by atoms with E-state index in [9.17, 15) is 9.59 Å². The maximum atomic E-state index is 12.6. The first-order chi connectivity index (χ1) is 14.2. The van der Waals surface area contributed by atoms with E-state index in [1.165, 1.54) is 16.2 Å². The zero-order chi connectivity index (χ0) is 20.2. The summed E-state index contributed by atoms with van der Waals surface area (Å²) in [5.74, 6) is -0.246. The van der Waals surface area contributed by atoms with Crippen LogP contribution in [0.15, 0.2) is 36.4 Å². The molecule has 1 amide bonds. The summed E-state index contributed by atoms with van der Waals surface area (Å²) in [6.45, 7) is 3.81. The predicted molar refractivity (Wildman–Crippen MR) is 111 cm³/mol. The average Bonchev–Trinajstić information content (AvgIpc) is 3.42. The minimum atomic E-state index is -0.667. The third-order valence-corrected chi connectivity index (χ3v) is 5.81. The van der Waals surface area contributed by atoms with E-state index in [0.717, 1.165) is 42.0 Å². The van der Waals surface area contributed by atoms with Gasteiger partial charge in [-0.3, -0.25) is 9.69 Å². The average molecular weight is 411 g/mol. The highest BCUT2D eigenvalue weighted by molar-refractivity contribution is 7.22. The number of aromatic nitrogens is 3. The van der Waals surface area contributed by atoms with E-state index in [2.05, 4.69) is 20.1 Å². The Kier molecular flexibility index (Phi) is 5.66. The lowest BCUT2D eigenvalue weighted by Crippen LogP contribution is -2.34. The van der Waals surface area contributed by atoms with Gasteiger partial charge < -0.3 is 9.64 Å². The highest BCUT2D eigenvalue weighted by Gasteiger charge is 2.21. The number of anilines is 2. The van der Waals surface area contributed by atoms with Crippen molar-refractivity contribution < 1.29 is 14.3 Å². The molecule has 0 unspecified atom stereocenters. The van der Waals surface area contributed by atoms with Crippen LogP contribution in [0.1, 0.15) is 30.3 Å². The van der Waals surface area contributed by atoms with E-state index in [0.29, 0.717) is 11.7 Å². The summed E-state index contributed by atoms with van der Waals surface area (Å²) in [5.41, 5.74) is 0.924. The zero-order valence-electron chi connectivity index (χ0n) is 16.1. The van der Waals surface area contributed by atoms with Crippen LogP contribution < -0.4 is 9.80 Å². The van der Waals surface area contributed by atoms with Crippen molar-refractivity contribution in [2.75, 3.05) is 36.0 Å². The smallest absolute Gasteiger partial charge is 0.359 e. The molecule has 1 fully saturated rings. The number of amides is 1. The van der Waals surface area contributed by atoms with Crippen molar-refractivity contribution in [1.82, 2.24) is 15.2 Å². The molecule has 0 spiro atoms. The fourth-order valence-corrected chi connectivity index (χ4v) is 4.27. The van der Waals surface area contributed by atoms with E-state index < -0.39 is 5.97 Å². The Morgan fingerprint density at radius 2 is 1.93 bits per heavy atom. The van der Waals surface area contributed by atoms with E-state index in [4.69, 9.17) is 4.74 Å². The number of nitrogens with zero attached hydrogens (tertiary/aromatic N) is 5. The number of para-hydroxylation sites is 1. The van der Waals surface area contributed by atoms with Gasteiger partial charge in [0.05, 0.1) is 10.2 Å². The molecule has 0 N–H and O–H groups in total. The molecular weight excluding hydrogens is 390 g/mol. The van der Waals surface area contributed by atoms with Crippen LogP contribution in [0.5, 0.6) is 0 Å². The molecule has 9 heteroatoms. The van der Waals surface area contributed by atoms with Gasteiger partial charge in [-0.2, -0.15) is 0 Å². The number of fused-ring (bicyclic) bond motifs is 1. The van der Waals surface area contributed by atoms with Gasteiger partial charge in [-0.05, 0) is 44.0 Å². The lowest BCUT2D eigenvalue weighted by Gasteiger charge is -2.17. The Balaban J connectivity index is 1.37. The van der Waals surface area contributed by atoms with Gasteiger partial charge in [0.25, 0.3) is 5.91 Å². The SMILES string of the molecule is CCN(C(=O)COC(=O)c1ccc(N2CCCC2)nn1)c1nc2ccccc2s1. The van der Waals surface area contributed by atoms with Crippen LogP contribution in [-0.2, 0) is 9.53 Å². The Morgan fingerprint density at radius 3 is 2.62 bits per heavy atom. The predicted octanol–water partition coefficient (Wildman–Crippen LogP) is 2.90. The fourth-order valence-electron chi connectivity index (χ4n) is 3.22. The molecule has 29 heavy (non-hydrogen) atoms. The van der Waals surface area contributed by atoms with E-state index in [1.54, 1.807) is 12.1 Å². The number of thiazole rings is 1. The van der Waals surface area contributed by atoms with Gasteiger partial charge in [-0.25, -0.2) is 9.78 Å². The number of ether oxygens (including phenoxy) is 1. The molecule has 4 rings (SSSR count). The number of hydrogen-bond donors (Lipinski definition) is 0. The van der Waals surface area contributed by atoms with Gasteiger partial charge in [0.1, 0.15) is 0 Å². The molecule has 3 heterocycles. The number of carbonyl (C=O) groups excluding carboxylic acids is 2. The highest BCUT2D eigenvalue weighted by atomic mass is 32.1. The van der Waals surface area contributed by atoms with Crippen LogP contribution in [0.25, 0.3) is 10.2 Å². The molecule has 1 aromatic carbocycles. The lowest BCUT2D eigenvalue weighted by molar-refractivity contribution is -0.121. The molecule has 8 nitrogen and oxygen atoms in total. The molecule has 1 aliphatic rings. The first kappa shape index (κ1) is 19.3. The van der Waals surface area contributed by atoms with Crippen molar-refractivity contribution in [1.29, 1.82) is 0 Å². The first-order valence-electron chi connectivity index (χ1n) is 9.57. The number of hydrogen-bond acceptors (Lipinski definition) is 8. The Bertz CT molecular complexity index is 981. The molecule has 150 valence electrons. The van der Waals surface area contributed by atoms with Crippen LogP contribution in [0.4, 0.5) is 10.9 Å². The van der Waals surface area contributed by atoms with Gasteiger partial charge in [0, 0.05) is 19.6 Å². The Morgan fingerprint density at radius 1 is 1.14 bits per heavy atom. The van der Waals surface area contributed by atoms with Crippen LogP contribution in [-0.4, -0.2) is 53.3 Å². The van der Waals surface area contributed by atoms with Crippen LogP contribution in [0.3, 0.4) is 0 Å². The second kappa shape index (κ2) is 8.52. The van der Waals surface area contributed by atoms with Gasteiger partial charge in [-0.15, -0.1) is 10.2 Å². The summed E-state index contributed by atoms with van der Waals surface area (Å²) in [4.78, 5) is 33.0. The topological polar surface area (TPSA) is 88.5 Å². The minimum Gasteiger partial charge on any atom is -0.451 e. The van der Waals surface area contributed by atoms with Gasteiger partial charge >= 0.3 is 5.97 Å². The third kappa shape index (κ3) is 4.19. The summed E-state index contributed by atoms with van der Waals surface area (Å²) in [7, 11) is 0. The lowest BCUT2D eigenvalue weighted by atomic mass is 10.3. The molecule has 0 aliphatic carbocycles. The molecule has 0 saturated carbocycles. The molecule has 1 saturated heterocycles. The first-order valence-corrected chi connectivity index (χ1v) is 10.4. The van der Waals surface area contributed by atoms with Crippen molar-refractivity contribution in [3.05, 3.63) is 42.1 Å². The second-order valence-corrected chi connectivity index (χ2v) is 7.66. The van der Waals surface area contributed by atoms with E-state index >= 15 is 0 Å². The Hall–Kier alpha value is -3.07.